The summed E-state index contributed by atoms with van der Waals surface area (Å²) in [5.41, 5.74) is -0.744. The molecule has 1 fully saturated rings. The highest BCUT2D eigenvalue weighted by atomic mass is 32.2. The fraction of sp³-hybridized carbons (Fsp3) is 0.765. The zero-order valence-corrected chi connectivity index (χ0v) is 17.0. The normalized spacial score (nSPS) is 18.7. The summed E-state index contributed by atoms with van der Waals surface area (Å²) in [5, 5.41) is 19.5. The van der Waals surface area contributed by atoms with Crippen LogP contribution in [0.25, 0.3) is 0 Å². The van der Waals surface area contributed by atoms with Gasteiger partial charge in [0.2, 0.25) is 11.8 Å². The van der Waals surface area contributed by atoms with E-state index in [1.54, 1.807) is 12.3 Å². The molecule has 9 heteroatoms. The van der Waals surface area contributed by atoms with E-state index in [1.165, 1.54) is 0 Å². The van der Waals surface area contributed by atoms with Crippen molar-refractivity contribution in [3.8, 4) is 0 Å². The van der Waals surface area contributed by atoms with Gasteiger partial charge in [0.25, 0.3) is 0 Å². The van der Waals surface area contributed by atoms with Gasteiger partial charge in [-0.3, -0.25) is 10.1 Å². The molecule has 2 rings (SSSR count). The highest BCUT2D eigenvalue weighted by molar-refractivity contribution is 7.88. The zero-order valence-electron chi connectivity index (χ0n) is 16.2. The highest BCUT2D eigenvalue weighted by Gasteiger charge is 2.34. The Bertz CT molecular complexity index is 610. The minimum Gasteiger partial charge on any atom is -0.598 e. The number of piperidine rings is 1. The number of aliphatic hydroxyl groups excluding tert-OH is 1. The van der Waals surface area contributed by atoms with Crippen molar-refractivity contribution in [2.75, 3.05) is 31.3 Å². The Kier molecular flexibility index (Phi) is 6.73. The summed E-state index contributed by atoms with van der Waals surface area (Å²) in [6.07, 6.45) is 3.37. The summed E-state index contributed by atoms with van der Waals surface area (Å²) in [4.78, 5) is 12.6. The predicted octanol–water partition coefficient (Wildman–Crippen LogP) is 1.01. The number of hydrogen-bond acceptors (Lipinski definition) is 7. The van der Waals surface area contributed by atoms with E-state index < -0.39 is 22.3 Å². The Morgan fingerprint density at radius 3 is 2.58 bits per heavy atom. The number of anilines is 1. The minimum atomic E-state index is -0.942. The second-order valence-electron chi connectivity index (χ2n) is 7.97. The summed E-state index contributed by atoms with van der Waals surface area (Å²) >= 11 is -0.942. The first-order chi connectivity index (χ1) is 12.0. The second kappa shape index (κ2) is 8.26. The van der Waals surface area contributed by atoms with Gasteiger partial charge in [-0.25, -0.2) is 0 Å². The number of carbonyl (C=O) groups is 1. The number of rotatable bonds is 7. The SMILES string of the molecule is C[S+]([O-])N1CCC(NC(C)(C)C(=O)Nc2cc(C(C)(C)CO)no2)CC1. The summed E-state index contributed by atoms with van der Waals surface area (Å²) in [6.45, 7) is 8.76. The lowest BCUT2D eigenvalue weighted by Gasteiger charge is -2.35. The van der Waals surface area contributed by atoms with Crippen LogP contribution in [0.15, 0.2) is 10.6 Å². The van der Waals surface area contributed by atoms with Crippen molar-refractivity contribution in [2.24, 2.45) is 0 Å². The van der Waals surface area contributed by atoms with Crippen LogP contribution in [0.4, 0.5) is 5.88 Å². The van der Waals surface area contributed by atoms with Crippen LogP contribution in [-0.2, 0) is 21.6 Å². The van der Waals surface area contributed by atoms with Crippen molar-refractivity contribution < 1.29 is 19.0 Å². The van der Waals surface area contributed by atoms with Crippen LogP contribution in [0, 0.1) is 0 Å². The lowest BCUT2D eigenvalue weighted by Crippen LogP contribution is -2.56. The minimum absolute atomic E-state index is 0.0682. The molecule has 1 aromatic rings. The number of aliphatic hydroxyl groups is 1. The molecule has 1 aromatic heterocycles. The summed E-state index contributed by atoms with van der Waals surface area (Å²) < 4.78 is 18.6. The van der Waals surface area contributed by atoms with Gasteiger partial charge in [0, 0.05) is 42.0 Å². The van der Waals surface area contributed by atoms with Crippen molar-refractivity contribution in [3.05, 3.63) is 11.8 Å². The third kappa shape index (κ3) is 5.20. The maximum atomic E-state index is 12.6. The summed E-state index contributed by atoms with van der Waals surface area (Å²) in [6, 6.07) is 1.83. The molecule has 0 saturated carbocycles. The Labute approximate surface area is 158 Å². The van der Waals surface area contributed by atoms with Crippen molar-refractivity contribution >= 4 is 23.2 Å². The molecule has 0 radical (unpaired) electrons. The van der Waals surface area contributed by atoms with Crippen LogP contribution in [0.5, 0.6) is 0 Å². The average Bonchev–Trinajstić information content (AvgIpc) is 3.04. The molecule has 1 unspecified atom stereocenters. The molecule has 1 aliphatic rings. The van der Waals surface area contributed by atoms with Gasteiger partial charge < -0.3 is 19.5 Å². The molecule has 8 nitrogen and oxygen atoms in total. The van der Waals surface area contributed by atoms with Gasteiger partial charge in [-0.2, -0.15) is 0 Å². The van der Waals surface area contributed by atoms with Crippen LogP contribution < -0.4 is 10.6 Å². The van der Waals surface area contributed by atoms with Gasteiger partial charge in [0.15, 0.2) is 0 Å². The Morgan fingerprint density at radius 2 is 2.04 bits per heavy atom. The molecule has 1 amide bonds. The molecule has 3 N–H and O–H groups in total. The number of amides is 1. The first-order valence-corrected chi connectivity index (χ1v) is 10.3. The van der Waals surface area contributed by atoms with E-state index in [-0.39, 0.29) is 24.4 Å². The molecule has 0 bridgehead atoms. The number of aromatic nitrogens is 1. The third-order valence-electron chi connectivity index (χ3n) is 4.79. The first kappa shape index (κ1) is 21.2. The first-order valence-electron chi connectivity index (χ1n) is 8.81. The standard InChI is InChI=1S/C17H30N4O4S/c1-16(2,11-22)13-10-14(25-20-13)18-15(23)17(3,4)19-12-6-8-21(9-7-12)26(5)24/h10,12,19,22H,6-9,11H2,1-5H3,(H,18,23). The molecule has 2 heterocycles. The number of hydrogen-bond donors (Lipinski definition) is 3. The van der Waals surface area contributed by atoms with E-state index >= 15 is 0 Å². The fourth-order valence-electron chi connectivity index (χ4n) is 2.84. The molecule has 0 aromatic carbocycles. The van der Waals surface area contributed by atoms with E-state index in [0.717, 1.165) is 25.9 Å². The van der Waals surface area contributed by atoms with Crippen LogP contribution >= 0.6 is 0 Å². The highest BCUT2D eigenvalue weighted by Crippen LogP contribution is 2.24. The number of carbonyl (C=O) groups excluding carboxylic acids is 1. The molecule has 1 saturated heterocycles. The smallest absolute Gasteiger partial charge is 0.246 e. The number of nitrogens with one attached hydrogen (secondary N) is 2. The average molecular weight is 387 g/mol. The van der Waals surface area contributed by atoms with Crippen molar-refractivity contribution in [3.63, 3.8) is 0 Å². The monoisotopic (exact) mass is 386 g/mol. The quantitative estimate of drug-likeness (QED) is 0.599. The molecular weight excluding hydrogens is 356 g/mol. The summed E-state index contributed by atoms with van der Waals surface area (Å²) in [7, 11) is 0. The predicted molar refractivity (Wildman–Crippen MR) is 101 cm³/mol. The van der Waals surface area contributed by atoms with E-state index in [1.807, 2.05) is 32.0 Å². The van der Waals surface area contributed by atoms with E-state index in [2.05, 4.69) is 15.8 Å². The van der Waals surface area contributed by atoms with Gasteiger partial charge in [-0.1, -0.05) is 19.0 Å². The van der Waals surface area contributed by atoms with Crippen LogP contribution in [0.3, 0.4) is 0 Å². The van der Waals surface area contributed by atoms with E-state index in [9.17, 15) is 14.5 Å². The van der Waals surface area contributed by atoms with Crippen LogP contribution in [0.1, 0.15) is 46.2 Å². The lowest BCUT2D eigenvalue weighted by atomic mass is 9.91. The van der Waals surface area contributed by atoms with Gasteiger partial charge in [-0.15, -0.1) is 4.31 Å². The lowest BCUT2D eigenvalue weighted by molar-refractivity contribution is -0.121. The molecule has 1 aliphatic heterocycles. The van der Waals surface area contributed by atoms with Crippen molar-refractivity contribution in [1.29, 1.82) is 0 Å². The van der Waals surface area contributed by atoms with E-state index in [4.69, 9.17) is 4.52 Å². The molecule has 0 aliphatic carbocycles. The Balaban J connectivity index is 1.92. The van der Waals surface area contributed by atoms with Crippen LogP contribution in [0.2, 0.25) is 0 Å². The summed E-state index contributed by atoms with van der Waals surface area (Å²) in [5.74, 6) is 0.0427. The largest absolute Gasteiger partial charge is 0.598 e. The Hall–Kier alpha value is -1.13. The van der Waals surface area contributed by atoms with Crippen molar-refractivity contribution in [1.82, 2.24) is 14.8 Å². The number of nitrogens with zero attached hydrogens (tertiary/aromatic N) is 2. The Morgan fingerprint density at radius 1 is 1.42 bits per heavy atom. The molecule has 0 spiro atoms. The van der Waals surface area contributed by atoms with E-state index in [0.29, 0.717) is 5.69 Å². The van der Waals surface area contributed by atoms with Crippen molar-refractivity contribution in [2.45, 2.75) is 57.5 Å². The maximum absolute atomic E-state index is 12.6. The van der Waals surface area contributed by atoms with Gasteiger partial charge >= 0.3 is 0 Å². The van der Waals surface area contributed by atoms with Gasteiger partial charge in [-0.05, 0) is 26.7 Å². The molecule has 26 heavy (non-hydrogen) atoms. The van der Waals surface area contributed by atoms with Gasteiger partial charge in [0.1, 0.15) is 6.26 Å². The maximum Gasteiger partial charge on any atom is 0.246 e. The van der Waals surface area contributed by atoms with Gasteiger partial charge in [0.05, 0.1) is 17.8 Å². The third-order valence-corrected chi connectivity index (χ3v) is 5.88. The topological polar surface area (TPSA) is 114 Å². The zero-order chi connectivity index (χ0) is 19.5. The second-order valence-corrected chi connectivity index (χ2v) is 9.33. The van der Waals surface area contributed by atoms with Crippen LogP contribution in [-0.4, -0.2) is 62.6 Å². The molecule has 1 atom stereocenters. The molecular formula is C17H30N4O4S. The molecule has 148 valence electrons. The fourth-order valence-corrected chi connectivity index (χ4v) is 3.56.